The van der Waals surface area contributed by atoms with Crippen LogP contribution in [0.1, 0.15) is 18.5 Å². The van der Waals surface area contributed by atoms with Gasteiger partial charge < -0.3 is 15.2 Å². The summed E-state index contributed by atoms with van der Waals surface area (Å²) in [5.74, 6) is -0.0617. The van der Waals surface area contributed by atoms with E-state index in [-0.39, 0.29) is 11.8 Å². The predicted molar refractivity (Wildman–Crippen MR) is 83.3 cm³/mol. The average molecular weight is 325 g/mol. The van der Waals surface area contributed by atoms with Crippen LogP contribution in [-0.2, 0) is 4.79 Å². The number of carboxylic acids is 1. The van der Waals surface area contributed by atoms with E-state index in [1.807, 2.05) is 31.2 Å². The van der Waals surface area contributed by atoms with Crippen molar-refractivity contribution in [3.63, 3.8) is 0 Å². The van der Waals surface area contributed by atoms with Gasteiger partial charge in [-0.3, -0.25) is 4.79 Å². The van der Waals surface area contributed by atoms with Gasteiger partial charge in [-0.15, -0.1) is 10.2 Å². The van der Waals surface area contributed by atoms with Gasteiger partial charge in [0.25, 0.3) is 0 Å². The van der Waals surface area contributed by atoms with Gasteiger partial charge in [0.05, 0.1) is 18.9 Å². The van der Waals surface area contributed by atoms with Gasteiger partial charge in [0, 0.05) is 0 Å². The molecular formula is C13H15N3O3S2. The molecule has 2 aromatic rings. The lowest BCUT2D eigenvalue weighted by atomic mass is 10.1. The molecule has 6 nitrogen and oxygen atoms in total. The van der Waals surface area contributed by atoms with Gasteiger partial charge in [-0.25, -0.2) is 0 Å². The quantitative estimate of drug-likeness (QED) is 0.757. The number of anilines is 1. The fourth-order valence-corrected chi connectivity index (χ4v) is 3.17. The van der Waals surface area contributed by atoms with Gasteiger partial charge >= 0.3 is 5.97 Å². The molecule has 0 aliphatic rings. The lowest BCUT2D eigenvalue weighted by molar-refractivity contribution is -0.133. The molecule has 0 bridgehead atoms. The molecule has 0 spiro atoms. The SMILES string of the molecule is COc1ccc(C(C)Nc2nnc(SCC(=O)O)s2)cc1. The van der Waals surface area contributed by atoms with E-state index in [4.69, 9.17) is 9.84 Å². The second-order valence-corrected chi connectivity index (χ2v) is 6.39. The molecule has 0 radical (unpaired) electrons. The average Bonchev–Trinajstić information content (AvgIpc) is 2.92. The third kappa shape index (κ3) is 4.61. The lowest BCUT2D eigenvalue weighted by Crippen LogP contribution is -2.06. The maximum absolute atomic E-state index is 10.5. The fraction of sp³-hybridized carbons (Fsp3) is 0.308. The first-order valence-electron chi connectivity index (χ1n) is 6.17. The second kappa shape index (κ2) is 7.28. The van der Waals surface area contributed by atoms with Crippen LogP contribution in [0.3, 0.4) is 0 Å². The molecule has 0 amide bonds. The van der Waals surface area contributed by atoms with E-state index in [1.54, 1.807) is 7.11 Å². The van der Waals surface area contributed by atoms with Gasteiger partial charge in [-0.2, -0.15) is 0 Å². The number of aromatic nitrogens is 2. The molecule has 2 N–H and O–H groups in total. The Hall–Kier alpha value is -1.80. The Morgan fingerprint density at radius 3 is 2.76 bits per heavy atom. The van der Waals surface area contributed by atoms with Crippen LogP contribution in [0.5, 0.6) is 5.75 Å². The van der Waals surface area contributed by atoms with Crippen LogP contribution in [0.25, 0.3) is 0 Å². The van der Waals surface area contributed by atoms with E-state index in [0.29, 0.717) is 9.47 Å². The highest BCUT2D eigenvalue weighted by Crippen LogP contribution is 2.28. The minimum absolute atomic E-state index is 0.0112. The number of carbonyl (C=O) groups is 1. The summed E-state index contributed by atoms with van der Waals surface area (Å²) in [7, 11) is 1.63. The smallest absolute Gasteiger partial charge is 0.313 e. The van der Waals surface area contributed by atoms with Crippen LogP contribution >= 0.6 is 23.1 Å². The largest absolute Gasteiger partial charge is 0.497 e. The van der Waals surface area contributed by atoms with Crippen molar-refractivity contribution < 1.29 is 14.6 Å². The Morgan fingerprint density at radius 1 is 1.43 bits per heavy atom. The van der Waals surface area contributed by atoms with Crippen molar-refractivity contribution >= 4 is 34.2 Å². The van der Waals surface area contributed by atoms with Gasteiger partial charge in [-0.1, -0.05) is 35.2 Å². The summed E-state index contributed by atoms with van der Waals surface area (Å²) in [5.41, 5.74) is 1.10. The highest BCUT2D eigenvalue weighted by atomic mass is 32.2. The summed E-state index contributed by atoms with van der Waals surface area (Å²) < 4.78 is 5.77. The fourth-order valence-electron chi connectivity index (χ4n) is 1.61. The Labute approximate surface area is 130 Å². The Kier molecular flexibility index (Phi) is 5.40. The number of benzene rings is 1. The summed E-state index contributed by atoms with van der Waals surface area (Å²) in [6, 6.07) is 7.85. The third-order valence-corrected chi connectivity index (χ3v) is 4.65. The molecule has 0 saturated heterocycles. The maximum atomic E-state index is 10.5. The van der Waals surface area contributed by atoms with E-state index < -0.39 is 5.97 Å². The zero-order valence-electron chi connectivity index (χ0n) is 11.6. The molecular weight excluding hydrogens is 310 g/mol. The van der Waals surface area contributed by atoms with Crippen molar-refractivity contribution in [1.82, 2.24) is 10.2 Å². The maximum Gasteiger partial charge on any atom is 0.313 e. The molecule has 0 aliphatic heterocycles. The minimum Gasteiger partial charge on any atom is -0.497 e. The normalized spacial score (nSPS) is 11.9. The molecule has 1 atom stereocenters. The van der Waals surface area contributed by atoms with Gasteiger partial charge in [0.15, 0.2) is 4.34 Å². The number of nitrogens with zero attached hydrogens (tertiary/aromatic N) is 2. The molecule has 0 saturated carbocycles. The van der Waals surface area contributed by atoms with E-state index in [2.05, 4.69) is 15.5 Å². The molecule has 1 heterocycles. The molecule has 21 heavy (non-hydrogen) atoms. The topological polar surface area (TPSA) is 84.3 Å². The van der Waals surface area contributed by atoms with Crippen molar-refractivity contribution in [2.45, 2.75) is 17.3 Å². The summed E-state index contributed by atoms with van der Waals surface area (Å²) in [4.78, 5) is 10.5. The highest BCUT2D eigenvalue weighted by molar-refractivity contribution is 8.01. The number of hydrogen-bond donors (Lipinski definition) is 2. The van der Waals surface area contributed by atoms with Crippen molar-refractivity contribution in [2.24, 2.45) is 0 Å². The van der Waals surface area contributed by atoms with Crippen LogP contribution in [-0.4, -0.2) is 34.1 Å². The van der Waals surface area contributed by atoms with Crippen LogP contribution in [0.2, 0.25) is 0 Å². The van der Waals surface area contributed by atoms with Crippen molar-refractivity contribution in [1.29, 1.82) is 0 Å². The van der Waals surface area contributed by atoms with E-state index >= 15 is 0 Å². The Balaban J connectivity index is 1.95. The van der Waals surface area contributed by atoms with E-state index in [0.717, 1.165) is 11.3 Å². The third-order valence-electron chi connectivity index (χ3n) is 2.68. The van der Waals surface area contributed by atoms with Crippen LogP contribution in [0.15, 0.2) is 28.6 Å². The number of carboxylic acid groups (broad SMARTS) is 1. The molecule has 112 valence electrons. The molecule has 1 unspecified atom stereocenters. The second-order valence-electron chi connectivity index (χ2n) is 4.19. The zero-order valence-corrected chi connectivity index (χ0v) is 13.2. The molecule has 0 aliphatic carbocycles. The summed E-state index contributed by atoms with van der Waals surface area (Å²) in [6.45, 7) is 2.02. The van der Waals surface area contributed by atoms with Gasteiger partial charge in [0.1, 0.15) is 5.75 Å². The number of aliphatic carboxylic acids is 1. The molecule has 8 heteroatoms. The number of rotatable bonds is 7. The monoisotopic (exact) mass is 325 g/mol. The predicted octanol–water partition coefficient (Wildman–Crippen LogP) is 2.90. The number of thioether (sulfide) groups is 1. The Bertz CT molecular complexity index is 601. The molecule has 2 rings (SSSR count). The summed E-state index contributed by atoms with van der Waals surface area (Å²) in [5, 5.41) is 20.5. The Morgan fingerprint density at radius 2 is 2.14 bits per heavy atom. The first-order chi connectivity index (χ1) is 10.1. The van der Waals surface area contributed by atoms with Gasteiger partial charge in [-0.05, 0) is 24.6 Å². The highest BCUT2D eigenvalue weighted by Gasteiger charge is 2.11. The number of methoxy groups -OCH3 is 1. The van der Waals surface area contributed by atoms with Crippen molar-refractivity contribution in [2.75, 3.05) is 18.2 Å². The van der Waals surface area contributed by atoms with Crippen LogP contribution in [0.4, 0.5) is 5.13 Å². The van der Waals surface area contributed by atoms with Crippen LogP contribution in [0, 0.1) is 0 Å². The van der Waals surface area contributed by atoms with E-state index in [1.165, 1.54) is 23.1 Å². The first kappa shape index (κ1) is 15.6. The minimum atomic E-state index is -0.865. The number of nitrogens with one attached hydrogen (secondary N) is 1. The number of ether oxygens (including phenoxy) is 1. The van der Waals surface area contributed by atoms with Crippen molar-refractivity contribution in [3.05, 3.63) is 29.8 Å². The zero-order chi connectivity index (χ0) is 15.2. The molecule has 1 aromatic carbocycles. The van der Waals surface area contributed by atoms with Crippen LogP contribution < -0.4 is 10.1 Å². The van der Waals surface area contributed by atoms with E-state index in [9.17, 15) is 4.79 Å². The summed E-state index contributed by atoms with van der Waals surface area (Å²) >= 11 is 2.51. The standard InChI is InChI=1S/C13H15N3O3S2/c1-8(9-3-5-10(19-2)6-4-9)14-12-15-16-13(21-12)20-7-11(17)18/h3-6,8H,7H2,1-2H3,(H,14,15)(H,17,18). The number of hydrogen-bond acceptors (Lipinski definition) is 7. The lowest BCUT2D eigenvalue weighted by Gasteiger charge is -2.13. The first-order valence-corrected chi connectivity index (χ1v) is 7.97. The summed E-state index contributed by atoms with van der Waals surface area (Å²) in [6.07, 6.45) is 0. The van der Waals surface area contributed by atoms with Gasteiger partial charge in [0.2, 0.25) is 5.13 Å². The molecule has 0 fully saturated rings. The van der Waals surface area contributed by atoms with Crippen molar-refractivity contribution in [3.8, 4) is 5.75 Å². The molecule has 1 aromatic heterocycles.